The van der Waals surface area contributed by atoms with E-state index in [1.54, 1.807) is 36.4 Å². The molecular weight excluding hydrogens is 289 g/mol. The molecule has 0 aliphatic rings. The van der Waals surface area contributed by atoms with Crippen LogP contribution in [0.1, 0.15) is 0 Å². The molecule has 0 radical (unpaired) electrons. The van der Waals surface area contributed by atoms with E-state index in [1.165, 1.54) is 19.2 Å². The van der Waals surface area contributed by atoms with Gasteiger partial charge >= 0.3 is 6.09 Å². The van der Waals surface area contributed by atoms with Crippen molar-refractivity contribution in [2.45, 2.75) is 0 Å². The molecule has 1 amide bonds. The normalized spacial score (nSPS) is 9.91. The molecule has 22 heavy (non-hydrogen) atoms. The summed E-state index contributed by atoms with van der Waals surface area (Å²) in [6.07, 6.45) is -0.494. The van der Waals surface area contributed by atoms with E-state index in [4.69, 9.17) is 9.47 Å². The number of carbonyl (C=O) groups is 1. The second-order valence-electron chi connectivity index (χ2n) is 4.29. The third-order valence-corrected chi connectivity index (χ3v) is 2.70. The maximum atomic E-state index is 12.8. The molecule has 0 saturated heterocycles. The van der Waals surface area contributed by atoms with Crippen molar-refractivity contribution in [3.8, 4) is 17.2 Å². The summed E-state index contributed by atoms with van der Waals surface area (Å²) in [6, 6.07) is 12.8. The summed E-state index contributed by atoms with van der Waals surface area (Å²) < 4.78 is 28.2. The molecule has 0 heterocycles. The summed E-state index contributed by atoms with van der Waals surface area (Å²) >= 11 is 0. The van der Waals surface area contributed by atoms with Crippen LogP contribution in [-0.4, -0.2) is 26.4 Å². The van der Waals surface area contributed by atoms with E-state index in [9.17, 15) is 9.18 Å². The summed E-state index contributed by atoms with van der Waals surface area (Å²) in [5, 5.41) is 2.51. The van der Waals surface area contributed by atoms with Crippen molar-refractivity contribution in [3.05, 3.63) is 54.3 Å². The SMILES string of the molecule is COC(=O)NCCOc1ccc(Oc2ccc(F)cc2)cc1. The van der Waals surface area contributed by atoms with Gasteiger partial charge in [-0.05, 0) is 48.5 Å². The Morgan fingerprint density at radius 2 is 1.55 bits per heavy atom. The monoisotopic (exact) mass is 305 g/mol. The first-order valence-corrected chi connectivity index (χ1v) is 6.65. The summed E-state index contributed by atoms with van der Waals surface area (Å²) in [4.78, 5) is 10.8. The van der Waals surface area contributed by atoms with Crippen LogP contribution in [0.15, 0.2) is 48.5 Å². The van der Waals surface area contributed by atoms with Crippen molar-refractivity contribution in [2.75, 3.05) is 20.3 Å². The molecule has 5 nitrogen and oxygen atoms in total. The van der Waals surface area contributed by atoms with Gasteiger partial charge in [0.2, 0.25) is 0 Å². The van der Waals surface area contributed by atoms with E-state index in [0.717, 1.165) is 0 Å². The van der Waals surface area contributed by atoms with E-state index in [1.807, 2.05) is 0 Å². The number of alkyl carbamates (subject to hydrolysis) is 1. The van der Waals surface area contributed by atoms with Gasteiger partial charge in [-0.3, -0.25) is 0 Å². The van der Waals surface area contributed by atoms with Gasteiger partial charge in [0.15, 0.2) is 0 Å². The lowest BCUT2D eigenvalue weighted by Crippen LogP contribution is -2.27. The number of methoxy groups -OCH3 is 1. The minimum Gasteiger partial charge on any atom is -0.492 e. The van der Waals surface area contributed by atoms with Crippen LogP contribution in [0.25, 0.3) is 0 Å². The van der Waals surface area contributed by atoms with Crippen LogP contribution in [0.5, 0.6) is 17.2 Å². The highest BCUT2D eigenvalue weighted by Gasteiger charge is 2.00. The molecule has 6 heteroatoms. The van der Waals surface area contributed by atoms with Crippen LogP contribution in [0, 0.1) is 5.82 Å². The highest BCUT2D eigenvalue weighted by atomic mass is 19.1. The Bertz CT molecular complexity index is 599. The van der Waals surface area contributed by atoms with E-state index in [-0.39, 0.29) is 5.82 Å². The molecule has 2 aromatic rings. The zero-order valence-corrected chi connectivity index (χ0v) is 12.0. The third kappa shape index (κ3) is 4.97. The first-order chi connectivity index (χ1) is 10.7. The van der Waals surface area contributed by atoms with Gasteiger partial charge in [0.1, 0.15) is 29.7 Å². The zero-order valence-electron chi connectivity index (χ0n) is 12.0. The van der Waals surface area contributed by atoms with Crippen molar-refractivity contribution >= 4 is 6.09 Å². The topological polar surface area (TPSA) is 56.8 Å². The molecule has 0 atom stereocenters. The van der Waals surface area contributed by atoms with Crippen molar-refractivity contribution in [1.82, 2.24) is 5.32 Å². The van der Waals surface area contributed by atoms with Crippen LogP contribution in [0.2, 0.25) is 0 Å². The maximum absolute atomic E-state index is 12.8. The van der Waals surface area contributed by atoms with Crippen LogP contribution in [0.4, 0.5) is 9.18 Å². The molecule has 116 valence electrons. The minimum absolute atomic E-state index is 0.309. The highest BCUT2D eigenvalue weighted by molar-refractivity contribution is 5.66. The lowest BCUT2D eigenvalue weighted by atomic mass is 10.3. The highest BCUT2D eigenvalue weighted by Crippen LogP contribution is 2.23. The Morgan fingerprint density at radius 3 is 2.14 bits per heavy atom. The first-order valence-electron chi connectivity index (χ1n) is 6.65. The second-order valence-corrected chi connectivity index (χ2v) is 4.29. The minimum atomic E-state index is -0.494. The molecule has 0 aromatic heterocycles. The molecule has 0 unspecified atom stereocenters. The van der Waals surface area contributed by atoms with Crippen LogP contribution < -0.4 is 14.8 Å². The lowest BCUT2D eigenvalue weighted by Gasteiger charge is -2.09. The molecular formula is C16H16FNO4. The van der Waals surface area contributed by atoms with Crippen molar-refractivity contribution in [3.63, 3.8) is 0 Å². The quantitative estimate of drug-likeness (QED) is 0.832. The van der Waals surface area contributed by atoms with E-state index >= 15 is 0 Å². The fourth-order valence-electron chi connectivity index (χ4n) is 1.64. The summed E-state index contributed by atoms with van der Waals surface area (Å²) in [7, 11) is 1.30. The number of halogens is 1. The van der Waals surface area contributed by atoms with E-state index < -0.39 is 6.09 Å². The molecule has 0 aliphatic carbocycles. The predicted octanol–water partition coefficient (Wildman–Crippen LogP) is 3.35. The van der Waals surface area contributed by atoms with Crippen LogP contribution in [-0.2, 0) is 4.74 Å². The molecule has 0 spiro atoms. The van der Waals surface area contributed by atoms with E-state index in [0.29, 0.717) is 30.4 Å². The van der Waals surface area contributed by atoms with Gasteiger partial charge < -0.3 is 19.5 Å². The Balaban J connectivity index is 1.80. The fraction of sp³-hybridized carbons (Fsp3) is 0.188. The van der Waals surface area contributed by atoms with Gasteiger partial charge in [0, 0.05) is 0 Å². The van der Waals surface area contributed by atoms with Crippen molar-refractivity contribution < 1.29 is 23.4 Å². The molecule has 0 fully saturated rings. The summed E-state index contributed by atoms with van der Waals surface area (Å²) in [5.41, 5.74) is 0. The fourth-order valence-corrected chi connectivity index (χ4v) is 1.64. The third-order valence-electron chi connectivity index (χ3n) is 2.70. The molecule has 0 aliphatic heterocycles. The first kappa shape index (κ1) is 15.6. The van der Waals surface area contributed by atoms with Gasteiger partial charge in [0.25, 0.3) is 0 Å². The standard InChI is InChI=1S/C16H16FNO4/c1-20-16(19)18-10-11-21-13-6-8-15(9-7-13)22-14-4-2-12(17)3-5-14/h2-9H,10-11H2,1H3,(H,18,19). The Labute approximate surface area is 127 Å². The number of carbonyl (C=O) groups excluding carboxylic acids is 1. The molecule has 2 rings (SSSR count). The number of amides is 1. The summed E-state index contributed by atoms with van der Waals surface area (Å²) in [5.74, 6) is 1.51. The number of hydrogen-bond acceptors (Lipinski definition) is 4. The zero-order chi connectivity index (χ0) is 15.8. The number of rotatable bonds is 6. The Morgan fingerprint density at radius 1 is 1.00 bits per heavy atom. The van der Waals surface area contributed by atoms with Gasteiger partial charge in [-0.25, -0.2) is 9.18 Å². The number of ether oxygens (including phenoxy) is 3. The molecule has 1 N–H and O–H groups in total. The average Bonchev–Trinajstić information content (AvgIpc) is 2.55. The van der Waals surface area contributed by atoms with Gasteiger partial charge in [0.05, 0.1) is 13.7 Å². The average molecular weight is 305 g/mol. The molecule has 0 saturated carbocycles. The Hall–Kier alpha value is -2.76. The number of hydrogen-bond donors (Lipinski definition) is 1. The van der Waals surface area contributed by atoms with Crippen LogP contribution >= 0.6 is 0 Å². The maximum Gasteiger partial charge on any atom is 0.406 e. The van der Waals surface area contributed by atoms with Gasteiger partial charge in [-0.2, -0.15) is 0 Å². The van der Waals surface area contributed by atoms with E-state index in [2.05, 4.69) is 10.1 Å². The largest absolute Gasteiger partial charge is 0.492 e. The lowest BCUT2D eigenvalue weighted by molar-refractivity contribution is 0.168. The number of benzene rings is 2. The van der Waals surface area contributed by atoms with Crippen molar-refractivity contribution in [1.29, 1.82) is 0 Å². The number of nitrogens with one attached hydrogen (secondary N) is 1. The van der Waals surface area contributed by atoms with Crippen molar-refractivity contribution in [2.24, 2.45) is 0 Å². The smallest absolute Gasteiger partial charge is 0.406 e. The summed E-state index contributed by atoms with van der Waals surface area (Å²) in [6.45, 7) is 0.674. The molecule has 0 bridgehead atoms. The van der Waals surface area contributed by atoms with Gasteiger partial charge in [-0.1, -0.05) is 0 Å². The van der Waals surface area contributed by atoms with Gasteiger partial charge in [-0.15, -0.1) is 0 Å². The molecule has 2 aromatic carbocycles. The Kier molecular flexibility index (Phi) is 5.59. The second kappa shape index (κ2) is 7.87. The predicted molar refractivity (Wildman–Crippen MR) is 78.8 cm³/mol. The van der Waals surface area contributed by atoms with Crippen LogP contribution in [0.3, 0.4) is 0 Å².